The zero-order valence-corrected chi connectivity index (χ0v) is 9.59. The number of rotatable bonds is 2. The normalized spacial score (nSPS) is 32.5. The first kappa shape index (κ1) is 10.9. The van der Waals surface area contributed by atoms with Crippen molar-refractivity contribution in [3.63, 3.8) is 0 Å². The van der Waals surface area contributed by atoms with Crippen molar-refractivity contribution in [2.24, 2.45) is 0 Å². The number of sulfonamides is 1. The highest BCUT2D eigenvalue weighted by molar-refractivity contribution is 7.89. The van der Waals surface area contributed by atoms with Crippen LogP contribution in [0.3, 0.4) is 0 Å². The summed E-state index contributed by atoms with van der Waals surface area (Å²) in [5.41, 5.74) is 0. The van der Waals surface area contributed by atoms with Crippen LogP contribution >= 0.6 is 0 Å². The summed E-state index contributed by atoms with van der Waals surface area (Å²) in [6.07, 6.45) is 2.00. The molecule has 0 spiro atoms. The summed E-state index contributed by atoms with van der Waals surface area (Å²) in [7, 11) is -3.16. The molecule has 0 unspecified atom stereocenters. The summed E-state index contributed by atoms with van der Waals surface area (Å²) in [6, 6.07) is -0.131. The van der Waals surface area contributed by atoms with E-state index in [2.05, 4.69) is 5.32 Å². The van der Waals surface area contributed by atoms with Gasteiger partial charge in [-0.1, -0.05) is 0 Å². The van der Waals surface area contributed by atoms with Crippen LogP contribution in [0.1, 0.15) is 26.2 Å². The van der Waals surface area contributed by atoms with Crippen molar-refractivity contribution in [1.82, 2.24) is 9.62 Å². The fourth-order valence-corrected chi connectivity index (χ4v) is 4.01. The molecule has 2 heterocycles. The molecular formula is C9H16N2O3S. The average Bonchev–Trinajstić information content (AvgIpc) is 2.49. The molecule has 86 valence electrons. The van der Waals surface area contributed by atoms with Gasteiger partial charge in [-0.2, -0.15) is 4.31 Å². The number of carbonyl (C=O) groups is 1. The Morgan fingerprint density at radius 1 is 1.40 bits per heavy atom. The van der Waals surface area contributed by atoms with Gasteiger partial charge in [0, 0.05) is 25.0 Å². The van der Waals surface area contributed by atoms with Gasteiger partial charge >= 0.3 is 0 Å². The summed E-state index contributed by atoms with van der Waals surface area (Å²) in [6.45, 7) is 2.11. The van der Waals surface area contributed by atoms with E-state index in [0.717, 1.165) is 12.8 Å². The molecule has 0 aromatic rings. The second kappa shape index (κ2) is 3.75. The van der Waals surface area contributed by atoms with Gasteiger partial charge in [0.15, 0.2) is 0 Å². The number of amides is 1. The van der Waals surface area contributed by atoms with Gasteiger partial charge in [0.1, 0.15) is 0 Å². The predicted octanol–water partition coefficient (Wildman–Crippen LogP) is -0.311. The topological polar surface area (TPSA) is 66.5 Å². The van der Waals surface area contributed by atoms with Gasteiger partial charge in [-0.3, -0.25) is 4.79 Å². The predicted molar refractivity (Wildman–Crippen MR) is 55.7 cm³/mol. The largest absolute Gasteiger partial charge is 0.354 e. The maximum Gasteiger partial charge on any atom is 0.221 e. The molecule has 2 bridgehead atoms. The highest BCUT2D eigenvalue weighted by Crippen LogP contribution is 2.30. The molecule has 1 amide bonds. The second-order valence-corrected chi connectivity index (χ2v) is 6.29. The van der Waals surface area contributed by atoms with E-state index in [9.17, 15) is 13.2 Å². The third kappa shape index (κ3) is 1.88. The fraction of sp³-hybridized carbons (Fsp3) is 0.889. The van der Waals surface area contributed by atoms with Gasteiger partial charge in [0.2, 0.25) is 15.9 Å². The van der Waals surface area contributed by atoms with Crippen LogP contribution in [0.4, 0.5) is 0 Å². The Morgan fingerprint density at radius 3 is 2.73 bits per heavy atom. The van der Waals surface area contributed by atoms with Crippen LogP contribution in [0, 0.1) is 0 Å². The first-order valence-electron chi connectivity index (χ1n) is 5.32. The lowest BCUT2D eigenvalue weighted by molar-refractivity contribution is -0.121. The molecule has 0 saturated carbocycles. The van der Waals surface area contributed by atoms with E-state index in [4.69, 9.17) is 0 Å². The van der Waals surface area contributed by atoms with Gasteiger partial charge < -0.3 is 5.32 Å². The van der Waals surface area contributed by atoms with Gasteiger partial charge in [0.25, 0.3) is 0 Å². The number of nitrogens with zero attached hydrogens (tertiary/aromatic N) is 1. The summed E-state index contributed by atoms with van der Waals surface area (Å²) in [5.74, 6) is 0.0901. The smallest absolute Gasteiger partial charge is 0.221 e. The number of carbonyl (C=O) groups excluding carboxylic acids is 1. The zero-order valence-electron chi connectivity index (χ0n) is 8.77. The Kier molecular flexibility index (Phi) is 2.72. The molecule has 0 radical (unpaired) electrons. The Hall–Kier alpha value is -0.620. The van der Waals surface area contributed by atoms with Crippen molar-refractivity contribution in [3.05, 3.63) is 0 Å². The number of fused-ring (bicyclic) bond motifs is 2. The quantitative estimate of drug-likeness (QED) is 0.710. The fourth-order valence-electron chi connectivity index (χ4n) is 2.44. The number of hydrogen-bond acceptors (Lipinski definition) is 3. The van der Waals surface area contributed by atoms with Crippen molar-refractivity contribution in [2.45, 2.75) is 38.3 Å². The molecule has 2 aliphatic heterocycles. The highest BCUT2D eigenvalue weighted by atomic mass is 32.2. The molecule has 2 fully saturated rings. The molecule has 0 aliphatic carbocycles. The first-order chi connectivity index (χ1) is 7.04. The van der Waals surface area contributed by atoms with Crippen LogP contribution in [-0.4, -0.2) is 43.0 Å². The van der Waals surface area contributed by atoms with Crippen LogP contribution < -0.4 is 5.32 Å². The summed E-state index contributed by atoms with van der Waals surface area (Å²) >= 11 is 0. The van der Waals surface area contributed by atoms with Crippen LogP contribution in [0.15, 0.2) is 0 Å². The van der Waals surface area contributed by atoms with Crippen LogP contribution in [0.5, 0.6) is 0 Å². The second-order valence-electron chi connectivity index (χ2n) is 4.12. The van der Waals surface area contributed by atoms with Crippen LogP contribution in [0.25, 0.3) is 0 Å². The highest BCUT2D eigenvalue weighted by Gasteiger charge is 2.43. The van der Waals surface area contributed by atoms with E-state index in [-0.39, 0.29) is 23.7 Å². The van der Waals surface area contributed by atoms with Gasteiger partial charge in [-0.25, -0.2) is 8.42 Å². The molecule has 0 aromatic heterocycles. The molecule has 2 rings (SSSR count). The monoisotopic (exact) mass is 232 g/mol. The van der Waals surface area contributed by atoms with Crippen LogP contribution in [-0.2, 0) is 14.8 Å². The van der Waals surface area contributed by atoms with Crippen molar-refractivity contribution in [1.29, 1.82) is 0 Å². The Labute approximate surface area is 89.9 Å². The molecule has 2 saturated heterocycles. The maximum atomic E-state index is 11.9. The third-order valence-corrected chi connectivity index (χ3v) is 5.16. The Balaban J connectivity index is 2.29. The Morgan fingerprint density at radius 2 is 2.07 bits per heavy atom. The lowest BCUT2D eigenvalue weighted by Crippen LogP contribution is -2.43. The minimum atomic E-state index is -3.16. The minimum Gasteiger partial charge on any atom is -0.354 e. The van der Waals surface area contributed by atoms with Gasteiger partial charge in [-0.05, 0) is 19.8 Å². The SMILES string of the molecule is CCS(=O)(=O)N1[C@@H]2CC[C@H]1CC(=O)NC2. The van der Waals surface area contributed by atoms with Crippen LogP contribution in [0.2, 0.25) is 0 Å². The number of hydrogen-bond donors (Lipinski definition) is 1. The van der Waals surface area contributed by atoms with Gasteiger partial charge in [-0.15, -0.1) is 0 Å². The van der Waals surface area contributed by atoms with E-state index >= 15 is 0 Å². The molecule has 2 atom stereocenters. The summed E-state index contributed by atoms with van der Waals surface area (Å²) < 4.78 is 25.3. The molecule has 1 N–H and O–H groups in total. The lowest BCUT2D eigenvalue weighted by atomic mass is 10.1. The minimum absolute atomic E-state index is 0.0219. The van der Waals surface area contributed by atoms with Gasteiger partial charge in [0.05, 0.1) is 5.75 Å². The Bertz CT molecular complexity index is 366. The van der Waals surface area contributed by atoms with Crippen molar-refractivity contribution in [3.8, 4) is 0 Å². The third-order valence-electron chi connectivity index (χ3n) is 3.19. The van der Waals surface area contributed by atoms with Crippen molar-refractivity contribution < 1.29 is 13.2 Å². The van der Waals surface area contributed by atoms with Crippen molar-refractivity contribution >= 4 is 15.9 Å². The van der Waals surface area contributed by atoms with E-state index in [1.807, 2.05) is 0 Å². The molecule has 0 aromatic carbocycles. The molecular weight excluding hydrogens is 216 g/mol. The van der Waals surface area contributed by atoms with E-state index in [0.29, 0.717) is 13.0 Å². The standard InChI is InChI=1S/C9H16N2O3S/c1-2-15(13,14)11-7-3-4-8(11)6-10-9(12)5-7/h7-8H,2-6H2,1H3,(H,10,12)/t7-,8+/m0/s1. The van der Waals surface area contributed by atoms with E-state index < -0.39 is 10.0 Å². The molecule has 5 nitrogen and oxygen atoms in total. The lowest BCUT2D eigenvalue weighted by Gasteiger charge is -2.25. The van der Waals surface area contributed by atoms with E-state index in [1.165, 1.54) is 0 Å². The van der Waals surface area contributed by atoms with Crippen molar-refractivity contribution in [2.75, 3.05) is 12.3 Å². The maximum absolute atomic E-state index is 11.9. The molecule has 6 heteroatoms. The molecule has 2 aliphatic rings. The molecule has 15 heavy (non-hydrogen) atoms. The van der Waals surface area contributed by atoms with E-state index in [1.54, 1.807) is 11.2 Å². The first-order valence-corrected chi connectivity index (χ1v) is 6.93. The summed E-state index contributed by atoms with van der Waals surface area (Å²) in [4.78, 5) is 11.3. The summed E-state index contributed by atoms with van der Waals surface area (Å²) in [5, 5.41) is 2.76. The average molecular weight is 232 g/mol. The number of nitrogens with one attached hydrogen (secondary N) is 1. The zero-order chi connectivity index (χ0) is 11.1.